The minimum Gasteiger partial charge on any atom is -0.334 e. The van der Waals surface area contributed by atoms with Gasteiger partial charge in [-0.25, -0.2) is 4.52 Å². The normalized spacial score (nSPS) is 16.5. The molecule has 4 aromatic rings. The van der Waals surface area contributed by atoms with E-state index in [1.54, 1.807) is 10.7 Å². The summed E-state index contributed by atoms with van der Waals surface area (Å²) < 4.78 is 5.81. The van der Waals surface area contributed by atoms with E-state index in [9.17, 15) is 4.79 Å². The van der Waals surface area contributed by atoms with Crippen LogP contribution in [0.15, 0.2) is 48.9 Å². The van der Waals surface area contributed by atoms with Gasteiger partial charge in [-0.1, -0.05) is 30.3 Å². The van der Waals surface area contributed by atoms with Crippen molar-refractivity contribution in [2.24, 2.45) is 7.05 Å². The zero-order valence-electron chi connectivity index (χ0n) is 15.9. The van der Waals surface area contributed by atoms with Crippen LogP contribution in [0.5, 0.6) is 0 Å². The summed E-state index contributed by atoms with van der Waals surface area (Å²) in [5.74, 6) is 1.74. The van der Waals surface area contributed by atoms with Crippen LogP contribution in [0.3, 0.4) is 0 Å². The van der Waals surface area contributed by atoms with Crippen LogP contribution < -0.4 is 0 Å². The van der Waals surface area contributed by atoms with Gasteiger partial charge in [0.2, 0.25) is 0 Å². The van der Waals surface area contributed by atoms with Crippen LogP contribution in [-0.2, 0) is 20.0 Å². The van der Waals surface area contributed by atoms with Gasteiger partial charge in [-0.05, 0) is 12.5 Å². The zero-order chi connectivity index (χ0) is 19.3. The van der Waals surface area contributed by atoms with Crippen molar-refractivity contribution in [2.45, 2.75) is 25.9 Å². The summed E-state index contributed by atoms with van der Waals surface area (Å²) in [5, 5.41) is 13.1. The molecule has 1 amide bonds. The Morgan fingerprint density at radius 3 is 2.82 bits per heavy atom. The highest BCUT2D eigenvalue weighted by Gasteiger charge is 2.31. The first-order valence-corrected chi connectivity index (χ1v) is 9.36. The summed E-state index contributed by atoms with van der Waals surface area (Å²) in [4.78, 5) is 15.0. The van der Waals surface area contributed by atoms with Crippen molar-refractivity contribution in [1.29, 1.82) is 0 Å². The SMILES string of the molecule is C[C@H]1CN(C(=O)c2cnn3ccn(C)c23)Cc2nnc(Cc3ccccc3)n21. The summed E-state index contributed by atoms with van der Waals surface area (Å²) in [7, 11) is 1.92. The number of hydrogen-bond acceptors (Lipinski definition) is 4. The Kier molecular flexibility index (Phi) is 3.78. The number of hydrogen-bond donors (Lipinski definition) is 0. The summed E-state index contributed by atoms with van der Waals surface area (Å²) in [6, 6.07) is 10.4. The molecule has 3 aromatic heterocycles. The van der Waals surface area contributed by atoms with Crippen molar-refractivity contribution in [3.05, 3.63) is 71.7 Å². The Morgan fingerprint density at radius 1 is 1.18 bits per heavy atom. The molecular formula is C20H21N7O. The molecule has 0 N–H and O–H groups in total. The zero-order valence-corrected chi connectivity index (χ0v) is 15.9. The molecule has 0 saturated carbocycles. The van der Waals surface area contributed by atoms with Crippen molar-refractivity contribution in [2.75, 3.05) is 6.54 Å². The maximum Gasteiger partial charge on any atom is 0.259 e. The Morgan fingerprint density at radius 2 is 2.00 bits per heavy atom. The van der Waals surface area contributed by atoms with Gasteiger partial charge in [0, 0.05) is 32.4 Å². The Hall–Kier alpha value is -3.42. The molecule has 4 heterocycles. The number of aromatic nitrogens is 6. The molecule has 0 aliphatic carbocycles. The van der Waals surface area contributed by atoms with Crippen LogP contribution in [-0.4, -0.2) is 46.3 Å². The van der Waals surface area contributed by atoms with E-state index in [0.717, 1.165) is 23.7 Å². The van der Waals surface area contributed by atoms with Gasteiger partial charge in [0.15, 0.2) is 5.82 Å². The monoisotopic (exact) mass is 375 g/mol. The van der Waals surface area contributed by atoms with Gasteiger partial charge in [-0.15, -0.1) is 10.2 Å². The molecule has 0 fully saturated rings. The second-order valence-electron chi connectivity index (χ2n) is 7.33. The van der Waals surface area contributed by atoms with E-state index in [2.05, 4.69) is 38.9 Å². The van der Waals surface area contributed by atoms with E-state index in [1.165, 1.54) is 5.56 Å². The third-order valence-corrected chi connectivity index (χ3v) is 5.35. The summed E-state index contributed by atoms with van der Waals surface area (Å²) >= 11 is 0. The van der Waals surface area contributed by atoms with Crippen molar-refractivity contribution >= 4 is 11.6 Å². The van der Waals surface area contributed by atoms with Gasteiger partial charge in [0.05, 0.1) is 18.8 Å². The second kappa shape index (κ2) is 6.33. The predicted octanol–water partition coefficient (Wildman–Crippen LogP) is 2.07. The maximum absolute atomic E-state index is 13.2. The van der Waals surface area contributed by atoms with Crippen LogP contribution in [0.2, 0.25) is 0 Å². The average Bonchev–Trinajstić information content (AvgIpc) is 3.39. The molecule has 8 heteroatoms. The molecule has 1 aromatic carbocycles. The smallest absolute Gasteiger partial charge is 0.259 e. The lowest BCUT2D eigenvalue weighted by atomic mass is 10.1. The fourth-order valence-corrected chi connectivity index (χ4v) is 4.04. The molecule has 0 spiro atoms. The summed E-state index contributed by atoms with van der Waals surface area (Å²) in [6.45, 7) is 3.18. The Labute approximate surface area is 162 Å². The molecule has 1 aliphatic heterocycles. The lowest BCUT2D eigenvalue weighted by Crippen LogP contribution is -2.40. The van der Waals surface area contributed by atoms with Crippen molar-refractivity contribution in [3.63, 3.8) is 0 Å². The predicted molar refractivity (Wildman–Crippen MR) is 103 cm³/mol. The second-order valence-corrected chi connectivity index (χ2v) is 7.33. The fraction of sp³-hybridized carbons (Fsp3) is 0.300. The van der Waals surface area contributed by atoms with Crippen LogP contribution in [0, 0.1) is 0 Å². The first-order valence-electron chi connectivity index (χ1n) is 9.36. The van der Waals surface area contributed by atoms with Gasteiger partial charge in [0.25, 0.3) is 5.91 Å². The largest absolute Gasteiger partial charge is 0.334 e. The lowest BCUT2D eigenvalue weighted by molar-refractivity contribution is 0.0681. The molecule has 1 atom stereocenters. The molecular weight excluding hydrogens is 354 g/mol. The first-order chi connectivity index (χ1) is 13.6. The molecule has 5 rings (SSSR count). The highest BCUT2D eigenvalue weighted by atomic mass is 16.2. The molecule has 142 valence electrons. The minimum absolute atomic E-state index is 0.0255. The number of carbonyl (C=O) groups excluding carboxylic acids is 1. The topological polar surface area (TPSA) is 73.2 Å². The van der Waals surface area contributed by atoms with Gasteiger partial charge in [-0.3, -0.25) is 4.79 Å². The third kappa shape index (κ3) is 2.60. The summed E-state index contributed by atoms with van der Waals surface area (Å²) in [5.41, 5.74) is 2.61. The number of fused-ring (bicyclic) bond motifs is 2. The standard InChI is InChI=1S/C20H21N7O/c1-14-12-25(20(28)16-11-21-26-9-8-24(2)19(16)26)13-18-23-22-17(27(14)18)10-15-6-4-3-5-7-15/h3-9,11,14H,10,12-13H2,1-2H3/t14-/m0/s1. The quantitative estimate of drug-likeness (QED) is 0.550. The number of benzene rings is 1. The number of amides is 1. The van der Waals surface area contributed by atoms with Gasteiger partial charge in [0.1, 0.15) is 17.0 Å². The highest BCUT2D eigenvalue weighted by molar-refractivity contribution is 5.99. The lowest BCUT2D eigenvalue weighted by Gasteiger charge is -2.32. The van der Waals surface area contributed by atoms with E-state index in [4.69, 9.17) is 0 Å². The molecule has 0 saturated heterocycles. The fourth-order valence-electron chi connectivity index (χ4n) is 4.04. The average molecular weight is 375 g/mol. The molecule has 28 heavy (non-hydrogen) atoms. The van der Waals surface area contributed by atoms with Gasteiger partial charge >= 0.3 is 0 Å². The number of rotatable bonds is 3. The Bertz CT molecular complexity index is 1150. The molecule has 0 radical (unpaired) electrons. The van der Waals surface area contributed by atoms with Gasteiger partial charge < -0.3 is 14.0 Å². The maximum atomic E-state index is 13.2. The summed E-state index contributed by atoms with van der Waals surface area (Å²) in [6.07, 6.45) is 6.11. The van der Waals surface area contributed by atoms with Crippen LogP contribution >= 0.6 is 0 Å². The van der Waals surface area contributed by atoms with E-state index >= 15 is 0 Å². The minimum atomic E-state index is -0.0255. The third-order valence-electron chi connectivity index (χ3n) is 5.35. The first kappa shape index (κ1) is 16.7. The molecule has 0 bridgehead atoms. The number of imidazole rings is 1. The van der Waals surface area contributed by atoms with E-state index in [-0.39, 0.29) is 11.9 Å². The molecule has 8 nitrogen and oxygen atoms in total. The van der Waals surface area contributed by atoms with Crippen LogP contribution in [0.25, 0.3) is 5.65 Å². The molecule has 1 aliphatic rings. The van der Waals surface area contributed by atoms with E-state index in [0.29, 0.717) is 18.7 Å². The van der Waals surface area contributed by atoms with E-state index < -0.39 is 0 Å². The van der Waals surface area contributed by atoms with Crippen molar-refractivity contribution in [1.82, 2.24) is 33.8 Å². The van der Waals surface area contributed by atoms with Crippen LogP contribution in [0.4, 0.5) is 0 Å². The highest BCUT2D eigenvalue weighted by Crippen LogP contribution is 2.25. The van der Waals surface area contributed by atoms with Crippen molar-refractivity contribution < 1.29 is 4.79 Å². The Balaban J connectivity index is 1.43. The van der Waals surface area contributed by atoms with Crippen molar-refractivity contribution in [3.8, 4) is 0 Å². The molecule has 0 unspecified atom stereocenters. The number of aryl methyl sites for hydroxylation is 1. The number of nitrogens with zero attached hydrogens (tertiary/aromatic N) is 7. The van der Waals surface area contributed by atoms with E-state index in [1.807, 2.05) is 47.1 Å². The number of carbonyl (C=O) groups is 1. The van der Waals surface area contributed by atoms with Crippen LogP contribution in [0.1, 0.15) is 40.5 Å². The van der Waals surface area contributed by atoms with Gasteiger partial charge in [-0.2, -0.15) is 5.10 Å².